The molecule has 1 aromatic rings. The molecule has 0 aliphatic heterocycles. The van der Waals surface area contributed by atoms with Gasteiger partial charge in [-0.05, 0) is 38.9 Å². The third-order valence-corrected chi connectivity index (χ3v) is 5.12. The number of nitrogens with one attached hydrogen (secondary N) is 1. The molecule has 2 unspecified atom stereocenters. The minimum Gasteiger partial charge on any atom is -0.390 e. The van der Waals surface area contributed by atoms with Gasteiger partial charge in [0.15, 0.2) is 0 Å². The molecule has 19 heavy (non-hydrogen) atoms. The molecule has 0 aromatic carbocycles. The highest BCUT2D eigenvalue weighted by atomic mass is 35.5. The van der Waals surface area contributed by atoms with Crippen LogP contribution in [0.25, 0.3) is 0 Å². The van der Waals surface area contributed by atoms with Gasteiger partial charge in [-0.2, -0.15) is 0 Å². The fourth-order valence-corrected chi connectivity index (χ4v) is 4.49. The molecule has 0 spiro atoms. The van der Waals surface area contributed by atoms with Gasteiger partial charge in [0.05, 0.1) is 14.8 Å². The minimum atomic E-state index is -0.367. The van der Waals surface area contributed by atoms with Crippen molar-refractivity contribution < 1.29 is 5.11 Å². The second-order valence-corrected chi connectivity index (χ2v) is 7.54. The quantitative estimate of drug-likeness (QED) is 0.874. The van der Waals surface area contributed by atoms with Crippen LogP contribution >= 0.6 is 34.5 Å². The van der Waals surface area contributed by atoms with Gasteiger partial charge in [-0.3, -0.25) is 0 Å². The van der Waals surface area contributed by atoms with Crippen molar-refractivity contribution in [2.24, 2.45) is 0 Å². The lowest BCUT2D eigenvalue weighted by atomic mass is 9.91. The first-order valence-electron chi connectivity index (χ1n) is 6.51. The Bertz CT molecular complexity index is 437. The summed E-state index contributed by atoms with van der Waals surface area (Å²) >= 11 is 13.9. The van der Waals surface area contributed by atoms with Crippen molar-refractivity contribution in [3.63, 3.8) is 0 Å². The third-order valence-electron chi connectivity index (χ3n) is 3.40. The van der Waals surface area contributed by atoms with Crippen LogP contribution in [0.3, 0.4) is 0 Å². The van der Waals surface area contributed by atoms with Crippen molar-refractivity contribution in [2.45, 2.75) is 31.4 Å². The maximum Gasteiger partial charge on any atom is 0.0994 e. The van der Waals surface area contributed by atoms with Crippen LogP contribution in [-0.2, 0) is 6.42 Å². The van der Waals surface area contributed by atoms with Crippen molar-refractivity contribution in [3.05, 3.63) is 19.8 Å². The van der Waals surface area contributed by atoms with Gasteiger partial charge in [0.25, 0.3) is 0 Å². The summed E-state index contributed by atoms with van der Waals surface area (Å²) in [4.78, 5) is 1.98. The van der Waals surface area contributed by atoms with E-state index in [1.165, 1.54) is 16.9 Å². The number of hydrogen-bond donors (Lipinski definition) is 2. The standard InChI is InChI=1S/C13H20Cl2N2OS/c1-17(2)7-8(18)6-16-10-5-3-4-9-11(10)13(15)19-12(9)14/h8,10,16,18H,3-7H2,1-2H3. The van der Waals surface area contributed by atoms with Crippen LogP contribution in [0.5, 0.6) is 0 Å². The Hall–Kier alpha value is 0.160. The molecule has 3 nitrogen and oxygen atoms in total. The van der Waals surface area contributed by atoms with Gasteiger partial charge in [0.2, 0.25) is 0 Å². The zero-order valence-corrected chi connectivity index (χ0v) is 13.6. The Kier molecular flexibility index (Phi) is 5.52. The summed E-state index contributed by atoms with van der Waals surface area (Å²) in [7, 11) is 3.91. The molecule has 0 bridgehead atoms. The Morgan fingerprint density at radius 3 is 2.84 bits per heavy atom. The van der Waals surface area contributed by atoms with E-state index in [2.05, 4.69) is 5.32 Å². The van der Waals surface area contributed by atoms with E-state index in [0.717, 1.165) is 33.5 Å². The van der Waals surface area contributed by atoms with Crippen LogP contribution in [0.1, 0.15) is 30.0 Å². The van der Waals surface area contributed by atoms with Crippen LogP contribution < -0.4 is 5.32 Å². The third kappa shape index (κ3) is 3.84. The average Bonchev–Trinajstić information content (AvgIpc) is 2.62. The van der Waals surface area contributed by atoms with E-state index < -0.39 is 0 Å². The first-order valence-corrected chi connectivity index (χ1v) is 8.09. The second-order valence-electron chi connectivity index (χ2n) is 5.31. The summed E-state index contributed by atoms with van der Waals surface area (Å²) in [6.45, 7) is 1.23. The lowest BCUT2D eigenvalue weighted by Crippen LogP contribution is -2.37. The Labute approximate surface area is 128 Å². The molecule has 108 valence electrons. The molecule has 2 rings (SSSR count). The molecule has 1 heterocycles. The Morgan fingerprint density at radius 2 is 2.16 bits per heavy atom. The molecule has 1 aliphatic carbocycles. The summed E-state index contributed by atoms with van der Waals surface area (Å²) in [5.74, 6) is 0. The first-order chi connectivity index (χ1) is 8.99. The SMILES string of the molecule is CN(C)CC(O)CNC1CCCc2c(Cl)sc(Cl)c21. The smallest absolute Gasteiger partial charge is 0.0994 e. The van der Waals surface area contributed by atoms with Crippen LogP contribution in [-0.4, -0.2) is 43.3 Å². The van der Waals surface area contributed by atoms with E-state index in [1.54, 1.807) is 0 Å². The van der Waals surface area contributed by atoms with Gasteiger partial charge in [-0.15, -0.1) is 11.3 Å². The largest absolute Gasteiger partial charge is 0.390 e. The van der Waals surface area contributed by atoms with Crippen LogP contribution in [0.4, 0.5) is 0 Å². The highest BCUT2D eigenvalue weighted by Crippen LogP contribution is 2.44. The normalized spacial score (nSPS) is 20.6. The molecule has 0 radical (unpaired) electrons. The van der Waals surface area contributed by atoms with Crippen molar-refractivity contribution >= 4 is 34.5 Å². The molecule has 0 amide bonds. The van der Waals surface area contributed by atoms with E-state index in [4.69, 9.17) is 23.2 Å². The number of nitrogens with zero attached hydrogens (tertiary/aromatic N) is 1. The summed E-state index contributed by atoms with van der Waals surface area (Å²) in [6, 6.07) is 0.219. The molecular formula is C13H20Cl2N2OS. The summed E-state index contributed by atoms with van der Waals surface area (Å²) in [5.41, 5.74) is 2.35. The minimum absolute atomic E-state index is 0.219. The fraction of sp³-hybridized carbons (Fsp3) is 0.692. The van der Waals surface area contributed by atoms with E-state index in [0.29, 0.717) is 13.1 Å². The molecular weight excluding hydrogens is 303 g/mol. The molecule has 0 saturated heterocycles. The number of aliphatic hydroxyl groups excluding tert-OH is 1. The second kappa shape index (κ2) is 6.74. The highest BCUT2D eigenvalue weighted by molar-refractivity contribution is 7.20. The number of hydrogen-bond acceptors (Lipinski definition) is 4. The topological polar surface area (TPSA) is 35.5 Å². The van der Waals surface area contributed by atoms with Gasteiger partial charge in [-0.1, -0.05) is 23.2 Å². The zero-order valence-electron chi connectivity index (χ0n) is 11.2. The van der Waals surface area contributed by atoms with Gasteiger partial charge in [-0.25, -0.2) is 0 Å². The van der Waals surface area contributed by atoms with Crippen LogP contribution in [0.15, 0.2) is 0 Å². The van der Waals surface area contributed by atoms with Gasteiger partial charge in [0.1, 0.15) is 0 Å². The van der Waals surface area contributed by atoms with E-state index in [1.807, 2.05) is 19.0 Å². The van der Waals surface area contributed by atoms with Gasteiger partial charge >= 0.3 is 0 Å². The van der Waals surface area contributed by atoms with E-state index >= 15 is 0 Å². The average molecular weight is 323 g/mol. The molecule has 1 aromatic heterocycles. The summed E-state index contributed by atoms with van der Waals surface area (Å²) < 4.78 is 1.61. The van der Waals surface area contributed by atoms with Crippen molar-refractivity contribution in [1.82, 2.24) is 10.2 Å². The zero-order chi connectivity index (χ0) is 14.0. The van der Waals surface area contributed by atoms with E-state index in [-0.39, 0.29) is 12.1 Å². The Morgan fingerprint density at radius 1 is 1.42 bits per heavy atom. The maximum atomic E-state index is 9.91. The molecule has 0 fully saturated rings. The molecule has 2 atom stereocenters. The number of thiophene rings is 1. The maximum absolute atomic E-state index is 9.91. The number of halogens is 2. The lowest BCUT2D eigenvalue weighted by Gasteiger charge is -2.26. The van der Waals surface area contributed by atoms with Gasteiger partial charge < -0.3 is 15.3 Å². The van der Waals surface area contributed by atoms with Crippen molar-refractivity contribution in [3.8, 4) is 0 Å². The number of aliphatic hydroxyl groups is 1. The van der Waals surface area contributed by atoms with Crippen molar-refractivity contribution in [2.75, 3.05) is 27.2 Å². The number of fused-ring (bicyclic) bond motifs is 1. The van der Waals surface area contributed by atoms with Crippen molar-refractivity contribution in [1.29, 1.82) is 0 Å². The molecule has 0 saturated carbocycles. The highest BCUT2D eigenvalue weighted by Gasteiger charge is 2.27. The molecule has 6 heteroatoms. The fourth-order valence-electron chi connectivity index (χ4n) is 2.60. The summed E-state index contributed by atoms with van der Waals surface area (Å²) in [5, 5.41) is 13.3. The molecule has 2 N–H and O–H groups in total. The predicted octanol–water partition coefficient (Wildman–Crippen LogP) is 2.94. The lowest BCUT2D eigenvalue weighted by molar-refractivity contribution is 0.130. The van der Waals surface area contributed by atoms with Crippen LogP contribution in [0.2, 0.25) is 8.67 Å². The van der Waals surface area contributed by atoms with Gasteiger partial charge in [0, 0.05) is 24.7 Å². The predicted molar refractivity (Wildman–Crippen MR) is 82.6 cm³/mol. The first kappa shape index (κ1) is 15.5. The van der Waals surface area contributed by atoms with E-state index in [9.17, 15) is 5.11 Å². The summed E-state index contributed by atoms with van der Waals surface area (Å²) in [6.07, 6.45) is 2.80. The molecule has 1 aliphatic rings. The number of rotatable bonds is 5. The Balaban J connectivity index is 2.00. The number of likely N-dealkylation sites (N-methyl/N-ethyl adjacent to an activating group) is 1. The monoisotopic (exact) mass is 322 g/mol. The van der Waals surface area contributed by atoms with Crippen LogP contribution in [0, 0.1) is 0 Å².